The highest BCUT2D eigenvalue weighted by Crippen LogP contribution is 2.55. The fraction of sp³-hybridized carbons (Fsp3) is 0.207. The zero-order chi connectivity index (χ0) is 20.3. The first-order valence-corrected chi connectivity index (χ1v) is 10.8. The monoisotopic (exact) mass is 387 g/mol. The molecular weight excluding hydrogens is 362 g/mol. The minimum Gasteiger partial charge on any atom is -0.256 e. The molecular formula is C29H25N. The SMILES string of the molecule is CC1(C)c2ccccc2C2(Cc3ccc(-c4ccccn4)cc3C2)c2ccccc21. The number of aromatic nitrogens is 1. The predicted molar refractivity (Wildman–Crippen MR) is 123 cm³/mol. The Kier molecular flexibility index (Phi) is 3.62. The van der Waals surface area contributed by atoms with Crippen LogP contribution in [-0.2, 0) is 23.7 Å². The van der Waals surface area contributed by atoms with E-state index in [4.69, 9.17) is 0 Å². The number of fused-ring (bicyclic) bond motifs is 5. The van der Waals surface area contributed by atoms with Crippen molar-refractivity contribution in [3.05, 3.63) is 125 Å². The summed E-state index contributed by atoms with van der Waals surface area (Å²) in [5.41, 5.74) is 11.2. The molecule has 0 bridgehead atoms. The Morgan fingerprint density at radius 3 is 1.87 bits per heavy atom. The molecule has 0 radical (unpaired) electrons. The topological polar surface area (TPSA) is 12.9 Å². The minimum atomic E-state index is 0.0202. The van der Waals surface area contributed by atoms with Crippen LogP contribution >= 0.6 is 0 Å². The van der Waals surface area contributed by atoms with Gasteiger partial charge in [-0.3, -0.25) is 4.98 Å². The van der Waals surface area contributed by atoms with Crippen molar-refractivity contribution in [3.63, 3.8) is 0 Å². The number of benzene rings is 3. The number of hydrogen-bond acceptors (Lipinski definition) is 1. The molecule has 1 heterocycles. The predicted octanol–water partition coefficient (Wildman–Crippen LogP) is 6.47. The van der Waals surface area contributed by atoms with Gasteiger partial charge in [0.1, 0.15) is 0 Å². The molecule has 1 nitrogen and oxygen atoms in total. The Morgan fingerprint density at radius 1 is 0.633 bits per heavy atom. The van der Waals surface area contributed by atoms with E-state index in [-0.39, 0.29) is 10.8 Å². The maximum absolute atomic E-state index is 4.57. The van der Waals surface area contributed by atoms with Gasteiger partial charge in [0.15, 0.2) is 0 Å². The van der Waals surface area contributed by atoms with Crippen LogP contribution in [-0.4, -0.2) is 4.98 Å². The highest BCUT2D eigenvalue weighted by Gasteiger charge is 2.49. The van der Waals surface area contributed by atoms with E-state index in [9.17, 15) is 0 Å². The fourth-order valence-corrected chi connectivity index (χ4v) is 5.93. The molecule has 4 aromatic rings. The summed E-state index contributed by atoms with van der Waals surface area (Å²) >= 11 is 0. The van der Waals surface area contributed by atoms with Crippen molar-refractivity contribution in [3.8, 4) is 11.3 Å². The summed E-state index contributed by atoms with van der Waals surface area (Å²) in [7, 11) is 0. The molecule has 1 aromatic heterocycles. The lowest BCUT2D eigenvalue weighted by Gasteiger charge is -2.45. The average molecular weight is 388 g/mol. The first-order chi connectivity index (χ1) is 14.6. The van der Waals surface area contributed by atoms with Crippen LogP contribution in [0.1, 0.15) is 47.2 Å². The van der Waals surface area contributed by atoms with Crippen LogP contribution in [0.4, 0.5) is 0 Å². The Hall–Kier alpha value is -3.19. The van der Waals surface area contributed by atoms with Crippen molar-refractivity contribution in [2.24, 2.45) is 0 Å². The molecule has 2 aliphatic carbocycles. The van der Waals surface area contributed by atoms with Gasteiger partial charge in [-0.1, -0.05) is 80.6 Å². The van der Waals surface area contributed by atoms with E-state index in [1.807, 2.05) is 12.3 Å². The molecule has 0 saturated carbocycles. The maximum atomic E-state index is 4.57. The van der Waals surface area contributed by atoms with Crippen LogP contribution in [0.2, 0.25) is 0 Å². The molecule has 6 rings (SSSR count). The third-order valence-corrected chi connectivity index (χ3v) is 7.38. The van der Waals surface area contributed by atoms with Crippen molar-refractivity contribution in [2.75, 3.05) is 0 Å². The second-order valence-electron chi connectivity index (χ2n) is 9.35. The summed E-state index contributed by atoms with van der Waals surface area (Å²) in [5, 5.41) is 0. The van der Waals surface area contributed by atoms with Gasteiger partial charge in [-0.05, 0) is 64.4 Å². The van der Waals surface area contributed by atoms with Gasteiger partial charge < -0.3 is 0 Å². The maximum Gasteiger partial charge on any atom is 0.0702 e. The van der Waals surface area contributed by atoms with Crippen LogP contribution in [0.25, 0.3) is 11.3 Å². The Morgan fingerprint density at radius 2 is 1.23 bits per heavy atom. The van der Waals surface area contributed by atoms with Gasteiger partial charge in [0, 0.05) is 22.6 Å². The second kappa shape index (κ2) is 6.15. The van der Waals surface area contributed by atoms with Gasteiger partial charge in [0.25, 0.3) is 0 Å². The molecule has 30 heavy (non-hydrogen) atoms. The molecule has 0 unspecified atom stereocenters. The zero-order valence-corrected chi connectivity index (χ0v) is 17.5. The zero-order valence-electron chi connectivity index (χ0n) is 17.5. The molecule has 0 aliphatic heterocycles. The normalized spacial score (nSPS) is 17.3. The van der Waals surface area contributed by atoms with Crippen LogP contribution in [0.15, 0.2) is 91.1 Å². The van der Waals surface area contributed by atoms with Crippen molar-refractivity contribution >= 4 is 0 Å². The van der Waals surface area contributed by atoms with E-state index in [1.165, 1.54) is 38.9 Å². The molecule has 3 aromatic carbocycles. The molecule has 1 heteroatoms. The molecule has 0 saturated heterocycles. The summed E-state index contributed by atoms with van der Waals surface area (Å²) in [5.74, 6) is 0. The quantitative estimate of drug-likeness (QED) is 0.365. The minimum absolute atomic E-state index is 0.0202. The van der Waals surface area contributed by atoms with E-state index < -0.39 is 0 Å². The van der Waals surface area contributed by atoms with Gasteiger partial charge in [-0.2, -0.15) is 0 Å². The average Bonchev–Trinajstić information content (AvgIpc) is 3.18. The van der Waals surface area contributed by atoms with E-state index in [2.05, 4.69) is 97.7 Å². The molecule has 2 aliphatic rings. The first kappa shape index (κ1) is 17.7. The first-order valence-electron chi connectivity index (χ1n) is 10.8. The Bertz CT molecular complexity index is 1220. The van der Waals surface area contributed by atoms with E-state index in [0.29, 0.717) is 0 Å². The number of rotatable bonds is 1. The lowest BCUT2D eigenvalue weighted by atomic mass is 9.57. The molecule has 146 valence electrons. The summed E-state index contributed by atoms with van der Waals surface area (Å²) in [6.45, 7) is 4.75. The van der Waals surface area contributed by atoms with Crippen molar-refractivity contribution < 1.29 is 0 Å². The fourth-order valence-electron chi connectivity index (χ4n) is 5.93. The Labute approximate surface area is 178 Å². The van der Waals surface area contributed by atoms with Gasteiger partial charge in [0.05, 0.1) is 5.69 Å². The molecule has 0 fully saturated rings. The number of nitrogens with zero attached hydrogens (tertiary/aromatic N) is 1. The van der Waals surface area contributed by atoms with Gasteiger partial charge in [-0.25, -0.2) is 0 Å². The highest BCUT2D eigenvalue weighted by atomic mass is 14.7. The largest absolute Gasteiger partial charge is 0.256 e. The Balaban J connectivity index is 1.55. The van der Waals surface area contributed by atoms with Crippen LogP contribution < -0.4 is 0 Å². The van der Waals surface area contributed by atoms with Crippen molar-refractivity contribution in [1.82, 2.24) is 4.98 Å². The molecule has 1 spiro atoms. The third kappa shape index (κ3) is 2.32. The summed E-state index contributed by atoms with van der Waals surface area (Å²) in [4.78, 5) is 4.57. The lowest BCUT2D eigenvalue weighted by Crippen LogP contribution is -2.40. The molecule has 0 N–H and O–H groups in total. The van der Waals surface area contributed by atoms with E-state index in [1.54, 1.807) is 0 Å². The standard InChI is InChI=1S/C29H25N/c1-28(2)23-9-3-5-11-25(23)29(26-12-6-4-10-24(26)28)18-21-15-14-20(17-22(21)19-29)27-13-7-8-16-30-27/h3-17H,18-19H2,1-2H3. The number of hydrogen-bond donors (Lipinski definition) is 0. The van der Waals surface area contributed by atoms with Gasteiger partial charge in [-0.15, -0.1) is 0 Å². The third-order valence-electron chi connectivity index (χ3n) is 7.38. The number of pyridine rings is 1. The van der Waals surface area contributed by atoms with Crippen LogP contribution in [0.5, 0.6) is 0 Å². The highest BCUT2D eigenvalue weighted by molar-refractivity contribution is 5.66. The summed E-state index contributed by atoms with van der Waals surface area (Å²) in [6.07, 6.45) is 3.99. The van der Waals surface area contributed by atoms with Crippen LogP contribution in [0, 0.1) is 0 Å². The van der Waals surface area contributed by atoms with Gasteiger partial charge in [0.2, 0.25) is 0 Å². The summed E-state index contributed by atoms with van der Waals surface area (Å²) in [6, 6.07) is 31.3. The van der Waals surface area contributed by atoms with Crippen molar-refractivity contribution in [1.29, 1.82) is 0 Å². The van der Waals surface area contributed by atoms with E-state index >= 15 is 0 Å². The van der Waals surface area contributed by atoms with Gasteiger partial charge >= 0.3 is 0 Å². The molecule has 0 atom stereocenters. The van der Waals surface area contributed by atoms with Crippen LogP contribution in [0.3, 0.4) is 0 Å². The van der Waals surface area contributed by atoms with Crippen molar-refractivity contribution in [2.45, 2.75) is 37.5 Å². The lowest BCUT2D eigenvalue weighted by molar-refractivity contribution is 0.474. The van der Waals surface area contributed by atoms with E-state index in [0.717, 1.165) is 18.5 Å². The second-order valence-corrected chi connectivity index (χ2v) is 9.35. The molecule has 0 amide bonds. The smallest absolute Gasteiger partial charge is 0.0702 e. The summed E-state index contributed by atoms with van der Waals surface area (Å²) < 4.78 is 0.